The van der Waals surface area contributed by atoms with Crippen molar-refractivity contribution in [2.45, 2.75) is 38.8 Å². The number of ether oxygens (including phenoxy) is 1. The molecule has 0 aromatic heterocycles. The van der Waals surface area contributed by atoms with Gasteiger partial charge >= 0.3 is 6.09 Å². The van der Waals surface area contributed by atoms with Crippen LogP contribution in [0.25, 0.3) is 0 Å². The van der Waals surface area contributed by atoms with Gasteiger partial charge in [0.05, 0.1) is 12.1 Å². The lowest BCUT2D eigenvalue weighted by Crippen LogP contribution is -2.68. The zero-order chi connectivity index (χ0) is 15.8. The molecule has 0 saturated carbocycles. The molecule has 0 aliphatic carbocycles. The van der Waals surface area contributed by atoms with Gasteiger partial charge in [-0.05, 0) is 38.5 Å². The molecule has 0 bridgehead atoms. The van der Waals surface area contributed by atoms with Crippen LogP contribution in [-0.2, 0) is 10.3 Å². The molecule has 1 N–H and O–H groups in total. The van der Waals surface area contributed by atoms with Crippen molar-refractivity contribution in [2.24, 2.45) is 5.92 Å². The monoisotopic (exact) mass is 355 g/mol. The van der Waals surface area contributed by atoms with E-state index in [2.05, 4.69) is 15.9 Å². The van der Waals surface area contributed by atoms with E-state index in [0.29, 0.717) is 6.54 Å². The molecule has 4 nitrogen and oxygen atoms in total. The van der Waals surface area contributed by atoms with Crippen LogP contribution < -0.4 is 0 Å². The van der Waals surface area contributed by atoms with Gasteiger partial charge in [-0.2, -0.15) is 0 Å². The van der Waals surface area contributed by atoms with Crippen molar-refractivity contribution in [2.75, 3.05) is 13.2 Å². The Kier molecular flexibility index (Phi) is 4.36. The summed E-state index contributed by atoms with van der Waals surface area (Å²) in [4.78, 5) is 14.0. The fourth-order valence-corrected chi connectivity index (χ4v) is 3.07. The van der Waals surface area contributed by atoms with Gasteiger partial charge < -0.3 is 9.84 Å². The summed E-state index contributed by atoms with van der Waals surface area (Å²) in [7, 11) is 0. The minimum Gasteiger partial charge on any atom is -0.444 e. The van der Waals surface area contributed by atoms with Crippen molar-refractivity contribution < 1.29 is 14.6 Å². The number of rotatable bonds is 2. The summed E-state index contributed by atoms with van der Waals surface area (Å²) in [5.74, 6) is 0.177. The predicted octanol–water partition coefficient (Wildman–Crippen LogP) is 3.52. The third-order valence-electron chi connectivity index (χ3n) is 3.95. The van der Waals surface area contributed by atoms with Crippen LogP contribution >= 0.6 is 15.9 Å². The smallest absolute Gasteiger partial charge is 0.411 e. The largest absolute Gasteiger partial charge is 0.444 e. The van der Waals surface area contributed by atoms with Gasteiger partial charge in [0.25, 0.3) is 0 Å². The van der Waals surface area contributed by atoms with E-state index in [9.17, 15) is 9.90 Å². The molecule has 116 valence electrons. The molecule has 1 aliphatic heterocycles. The van der Waals surface area contributed by atoms with Crippen LogP contribution in [0.5, 0.6) is 0 Å². The first-order chi connectivity index (χ1) is 9.70. The average Bonchev–Trinajstić information content (AvgIpc) is 2.37. The first kappa shape index (κ1) is 16.3. The first-order valence-corrected chi connectivity index (χ1v) is 7.87. The second-order valence-electron chi connectivity index (χ2n) is 6.58. The molecule has 1 saturated heterocycles. The maximum atomic E-state index is 12.4. The van der Waals surface area contributed by atoms with Crippen molar-refractivity contribution in [3.8, 4) is 0 Å². The Labute approximate surface area is 134 Å². The maximum Gasteiger partial charge on any atom is 0.411 e. The normalized spacial score (nSPS) is 25.4. The third-order valence-corrected chi connectivity index (χ3v) is 4.48. The number of nitrogens with zero attached hydrogens (tertiary/aromatic N) is 1. The lowest BCUT2D eigenvalue weighted by Gasteiger charge is -2.56. The number of hydrogen-bond acceptors (Lipinski definition) is 3. The highest BCUT2D eigenvalue weighted by Gasteiger charge is 2.55. The fourth-order valence-electron chi connectivity index (χ4n) is 2.81. The van der Waals surface area contributed by atoms with Crippen LogP contribution in [0, 0.1) is 5.92 Å². The molecular weight excluding hydrogens is 334 g/mol. The summed E-state index contributed by atoms with van der Waals surface area (Å²) in [5, 5.41) is 9.99. The highest BCUT2D eigenvalue weighted by atomic mass is 79.9. The summed E-state index contributed by atoms with van der Waals surface area (Å²) in [6.45, 7) is 8.04. The van der Waals surface area contributed by atoms with Crippen molar-refractivity contribution in [1.29, 1.82) is 0 Å². The van der Waals surface area contributed by atoms with E-state index in [1.807, 2.05) is 52.0 Å². The Morgan fingerprint density at radius 3 is 2.43 bits per heavy atom. The van der Waals surface area contributed by atoms with Crippen LogP contribution in [0.3, 0.4) is 0 Å². The van der Waals surface area contributed by atoms with Gasteiger partial charge in [-0.25, -0.2) is 4.79 Å². The Hall–Kier alpha value is -1.07. The van der Waals surface area contributed by atoms with E-state index in [1.165, 1.54) is 0 Å². The number of aliphatic hydroxyl groups excluding tert-OH is 1. The van der Waals surface area contributed by atoms with Gasteiger partial charge in [-0.1, -0.05) is 35.0 Å². The lowest BCUT2D eigenvalue weighted by atomic mass is 9.71. The fraction of sp³-hybridized carbons (Fsp3) is 0.562. The number of hydrogen-bond donors (Lipinski definition) is 1. The zero-order valence-electron chi connectivity index (χ0n) is 12.9. The number of likely N-dealkylation sites (tertiary alicyclic amines) is 1. The molecule has 1 heterocycles. The molecule has 1 aliphatic rings. The summed E-state index contributed by atoms with van der Waals surface area (Å²) in [6, 6.07) is 7.72. The molecule has 21 heavy (non-hydrogen) atoms. The highest BCUT2D eigenvalue weighted by Crippen LogP contribution is 2.45. The van der Waals surface area contributed by atoms with Crippen LogP contribution in [-0.4, -0.2) is 34.9 Å². The van der Waals surface area contributed by atoms with E-state index in [1.54, 1.807) is 4.90 Å². The molecule has 1 aromatic rings. The molecule has 5 heteroatoms. The van der Waals surface area contributed by atoms with Crippen LogP contribution in [0.2, 0.25) is 0 Å². The number of carbonyl (C=O) groups is 1. The highest BCUT2D eigenvalue weighted by molar-refractivity contribution is 9.10. The van der Waals surface area contributed by atoms with Gasteiger partial charge in [-0.15, -0.1) is 0 Å². The summed E-state index contributed by atoms with van der Waals surface area (Å²) in [6.07, 6.45) is -0.377. The van der Waals surface area contributed by atoms with Crippen molar-refractivity contribution in [1.82, 2.24) is 4.90 Å². The molecule has 2 rings (SSSR count). The van der Waals surface area contributed by atoms with E-state index >= 15 is 0 Å². The molecule has 1 aromatic carbocycles. The predicted molar refractivity (Wildman–Crippen MR) is 85.0 cm³/mol. The maximum absolute atomic E-state index is 12.4. The Morgan fingerprint density at radius 2 is 2.00 bits per heavy atom. The Morgan fingerprint density at radius 1 is 1.43 bits per heavy atom. The number of halogens is 1. The average molecular weight is 356 g/mol. The minimum atomic E-state index is -0.691. The second-order valence-corrected chi connectivity index (χ2v) is 7.50. The van der Waals surface area contributed by atoms with E-state index in [4.69, 9.17) is 4.74 Å². The van der Waals surface area contributed by atoms with Crippen LogP contribution in [0.15, 0.2) is 28.7 Å². The standard InChI is InChI=1S/C16H22BrNO3/c1-11-9-18(14(20)21-15(2,3)4)16(11,10-19)12-5-7-13(17)8-6-12/h5-8,11,19H,9-10H2,1-4H3. The minimum absolute atomic E-state index is 0.116. The van der Waals surface area contributed by atoms with Crippen LogP contribution in [0.4, 0.5) is 4.79 Å². The van der Waals surface area contributed by atoms with Crippen molar-refractivity contribution in [3.05, 3.63) is 34.3 Å². The zero-order valence-corrected chi connectivity index (χ0v) is 14.5. The Bertz CT molecular complexity index is 523. The summed E-state index contributed by atoms with van der Waals surface area (Å²) < 4.78 is 6.43. The number of amides is 1. The molecule has 0 spiro atoms. The van der Waals surface area contributed by atoms with Gasteiger partial charge in [0, 0.05) is 16.9 Å². The number of benzene rings is 1. The van der Waals surface area contributed by atoms with Gasteiger partial charge in [0.1, 0.15) is 5.60 Å². The molecule has 2 atom stereocenters. The lowest BCUT2D eigenvalue weighted by molar-refractivity contribution is -0.109. The third kappa shape index (κ3) is 2.94. The number of aliphatic hydroxyl groups is 1. The molecular formula is C16H22BrNO3. The van der Waals surface area contributed by atoms with Crippen LogP contribution in [0.1, 0.15) is 33.3 Å². The van der Waals surface area contributed by atoms with Crippen molar-refractivity contribution in [3.63, 3.8) is 0 Å². The quantitative estimate of drug-likeness (QED) is 0.882. The second kappa shape index (κ2) is 5.61. The van der Waals surface area contributed by atoms with E-state index in [0.717, 1.165) is 10.0 Å². The molecule has 1 fully saturated rings. The van der Waals surface area contributed by atoms with E-state index in [-0.39, 0.29) is 18.6 Å². The number of carbonyl (C=O) groups excluding carboxylic acids is 1. The summed E-state index contributed by atoms with van der Waals surface area (Å²) >= 11 is 3.41. The van der Waals surface area contributed by atoms with E-state index < -0.39 is 11.1 Å². The van der Waals surface area contributed by atoms with Crippen molar-refractivity contribution >= 4 is 22.0 Å². The molecule has 2 unspecified atom stereocenters. The molecule has 0 radical (unpaired) electrons. The van der Waals surface area contributed by atoms with Gasteiger partial charge in [-0.3, -0.25) is 4.90 Å². The Balaban J connectivity index is 2.31. The SMILES string of the molecule is CC1CN(C(=O)OC(C)(C)C)C1(CO)c1ccc(Br)cc1. The van der Waals surface area contributed by atoms with Gasteiger partial charge in [0.2, 0.25) is 0 Å². The molecule has 1 amide bonds. The van der Waals surface area contributed by atoms with Gasteiger partial charge in [0.15, 0.2) is 0 Å². The summed E-state index contributed by atoms with van der Waals surface area (Å²) in [5.41, 5.74) is -0.308. The first-order valence-electron chi connectivity index (χ1n) is 7.08. The topological polar surface area (TPSA) is 49.8 Å².